The second-order valence-corrected chi connectivity index (χ2v) is 6.88. The quantitative estimate of drug-likeness (QED) is 0.714. The van der Waals surface area contributed by atoms with E-state index in [9.17, 15) is 4.21 Å². The van der Waals surface area contributed by atoms with E-state index in [1.54, 1.807) is 6.20 Å². The lowest BCUT2D eigenvalue weighted by molar-refractivity contribution is 0.563. The minimum Gasteiger partial charge on any atom is -0.306 e. The Morgan fingerprint density at radius 1 is 1.30 bits per heavy atom. The van der Waals surface area contributed by atoms with Crippen molar-refractivity contribution >= 4 is 22.0 Å². The number of hydrogen-bond donors (Lipinski definition) is 2. The Morgan fingerprint density at radius 2 is 2.09 bits per heavy atom. The third-order valence-corrected chi connectivity index (χ3v) is 4.53. The summed E-state index contributed by atoms with van der Waals surface area (Å²) in [4.78, 5) is 4.55. The number of aromatic nitrogens is 3. The molecule has 5 nitrogen and oxygen atoms in total. The molecule has 1 unspecified atom stereocenters. The Kier molecular flexibility index (Phi) is 4.28. The summed E-state index contributed by atoms with van der Waals surface area (Å²) in [5.74, 6) is 0.465. The number of nitrogens with one attached hydrogen (secondary N) is 1. The van der Waals surface area contributed by atoms with E-state index < -0.39 is 11.1 Å². The van der Waals surface area contributed by atoms with E-state index in [0.717, 1.165) is 39.0 Å². The summed E-state index contributed by atoms with van der Waals surface area (Å²) in [6.07, 6.45) is 1.76. The van der Waals surface area contributed by atoms with Crippen LogP contribution in [0.4, 0.5) is 0 Å². The number of nitrogens with zero attached hydrogens (tertiary/aromatic N) is 2. The normalized spacial score (nSPS) is 12.9. The van der Waals surface area contributed by atoms with Gasteiger partial charge in [-0.2, -0.15) is 5.10 Å². The molecule has 0 radical (unpaired) electrons. The van der Waals surface area contributed by atoms with Gasteiger partial charge in [-0.05, 0) is 36.1 Å². The van der Waals surface area contributed by atoms with Crippen molar-refractivity contribution < 1.29 is 8.76 Å². The van der Waals surface area contributed by atoms with Crippen LogP contribution in [0.3, 0.4) is 0 Å². The molecule has 0 amide bonds. The summed E-state index contributed by atoms with van der Waals surface area (Å²) in [6, 6.07) is 7.76. The molecule has 0 bridgehead atoms. The van der Waals surface area contributed by atoms with Gasteiger partial charge in [0.1, 0.15) is 0 Å². The second-order valence-electron chi connectivity index (χ2n) is 5.95. The molecule has 120 valence electrons. The number of H-pyrrole nitrogens is 1. The van der Waals surface area contributed by atoms with Gasteiger partial charge in [-0.3, -0.25) is 10.1 Å². The number of hydrogen-bond acceptors (Lipinski definition) is 3. The van der Waals surface area contributed by atoms with Crippen LogP contribution < -0.4 is 0 Å². The fourth-order valence-corrected chi connectivity index (χ4v) is 3.35. The smallest absolute Gasteiger partial charge is 0.157 e. The number of benzene rings is 1. The lowest BCUT2D eigenvalue weighted by atomic mass is 9.98. The lowest BCUT2D eigenvalue weighted by Crippen LogP contribution is -1.97. The molecule has 0 aliphatic rings. The van der Waals surface area contributed by atoms with Crippen molar-refractivity contribution in [1.82, 2.24) is 15.2 Å². The largest absolute Gasteiger partial charge is 0.306 e. The molecule has 2 N–H and O–H groups in total. The van der Waals surface area contributed by atoms with E-state index in [-0.39, 0.29) is 5.75 Å². The molecule has 0 aliphatic heterocycles. The average molecular weight is 329 g/mol. The van der Waals surface area contributed by atoms with Crippen LogP contribution in [0.15, 0.2) is 30.5 Å². The summed E-state index contributed by atoms with van der Waals surface area (Å²) < 4.78 is 20.1. The maximum Gasteiger partial charge on any atom is 0.157 e. The van der Waals surface area contributed by atoms with Crippen molar-refractivity contribution in [2.75, 3.05) is 0 Å². The van der Waals surface area contributed by atoms with E-state index in [2.05, 4.69) is 29.0 Å². The molecule has 0 fully saturated rings. The van der Waals surface area contributed by atoms with Crippen LogP contribution in [0.25, 0.3) is 22.2 Å². The van der Waals surface area contributed by atoms with E-state index in [1.807, 2.05) is 31.2 Å². The molecule has 0 aliphatic carbocycles. The van der Waals surface area contributed by atoms with Crippen molar-refractivity contribution in [3.05, 3.63) is 47.3 Å². The van der Waals surface area contributed by atoms with E-state index in [0.29, 0.717) is 5.92 Å². The molecular formula is C17H19N3O2S. The zero-order valence-electron chi connectivity index (χ0n) is 13.3. The van der Waals surface area contributed by atoms with E-state index >= 15 is 0 Å². The van der Waals surface area contributed by atoms with Gasteiger partial charge in [0, 0.05) is 22.8 Å². The molecule has 1 atom stereocenters. The summed E-state index contributed by atoms with van der Waals surface area (Å²) in [5, 5.41) is 8.52. The molecular weight excluding hydrogens is 310 g/mol. The van der Waals surface area contributed by atoms with Crippen LogP contribution in [-0.4, -0.2) is 23.9 Å². The highest BCUT2D eigenvalue weighted by atomic mass is 32.2. The molecule has 0 saturated carbocycles. The molecule has 0 saturated heterocycles. The van der Waals surface area contributed by atoms with Crippen molar-refractivity contribution in [3.63, 3.8) is 0 Å². The van der Waals surface area contributed by atoms with Crippen LogP contribution in [0, 0.1) is 6.92 Å². The van der Waals surface area contributed by atoms with Crippen molar-refractivity contribution in [3.8, 4) is 11.3 Å². The maximum absolute atomic E-state index is 11.0. The van der Waals surface area contributed by atoms with Gasteiger partial charge in [0.05, 0.1) is 17.0 Å². The maximum atomic E-state index is 11.0. The van der Waals surface area contributed by atoms with Gasteiger partial charge >= 0.3 is 0 Å². The van der Waals surface area contributed by atoms with Crippen LogP contribution in [-0.2, 0) is 16.8 Å². The summed E-state index contributed by atoms with van der Waals surface area (Å²) in [6.45, 7) is 6.19. The highest BCUT2D eigenvalue weighted by Crippen LogP contribution is 2.32. The first-order valence-electron chi connectivity index (χ1n) is 7.47. The number of fused-ring (bicyclic) bond motifs is 1. The van der Waals surface area contributed by atoms with Gasteiger partial charge in [0.2, 0.25) is 0 Å². The van der Waals surface area contributed by atoms with Gasteiger partial charge < -0.3 is 4.55 Å². The molecule has 6 heteroatoms. The first kappa shape index (κ1) is 15.8. The minimum absolute atomic E-state index is 0.146. The number of aryl methyl sites for hydroxylation is 1. The standard InChI is InChI=1S/C17H19N3O2S/c1-10(2)16-15-14(19-20-16)6-7-18-17(15)12-4-5-13(9-23(21)22)11(3)8-12/h4-8,10H,9H2,1-3H3,(H,19,20)(H,21,22). The molecule has 0 spiro atoms. The van der Waals surface area contributed by atoms with Gasteiger partial charge in [-0.25, -0.2) is 4.21 Å². The Balaban J connectivity index is 2.15. The van der Waals surface area contributed by atoms with Crippen LogP contribution >= 0.6 is 0 Å². The van der Waals surface area contributed by atoms with Gasteiger partial charge in [0.25, 0.3) is 0 Å². The van der Waals surface area contributed by atoms with Crippen LogP contribution in [0.1, 0.15) is 36.6 Å². The molecule has 1 aromatic carbocycles. The molecule has 2 aromatic heterocycles. The fourth-order valence-electron chi connectivity index (χ4n) is 2.76. The highest BCUT2D eigenvalue weighted by molar-refractivity contribution is 7.78. The predicted molar refractivity (Wildman–Crippen MR) is 92.6 cm³/mol. The van der Waals surface area contributed by atoms with Crippen molar-refractivity contribution in [1.29, 1.82) is 0 Å². The lowest BCUT2D eigenvalue weighted by Gasteiger charge is -2.09. The van der Waals surface area contributed by atoms with Crippen molar-refractivity contribution in [2.24, 2.45) is 0 Å². The molecule has 3 rings (SSSR count). The Morgan fingerprint density at radius 3 is 2.74 bits per heavy atom. The second kappa shape index (κ2) is 6.22. The summed E-state index contributed by atoms with van der Waals surface area (Å²) >= 11 is -1.83. The average Bonchev–Trinajstić information content (AvgIpc) is 2.93. The zero-order valence-corrected chi connectivity index (χ0v) is 14.1. The monoisotopic (exact) mass is 329 g/mol. The van der Waals surface area contributed by atoms with E-state index in [1.165, 1.54) is 0 Å². The molecule has 23 heavy (non-hydrogen) atoms. The first-order chi connectivity index (χ1) is 11.0. The third kappa shape index (κ3) is 3.04. The Labute approximate surface area is 137 Å². The van der Waals surface area contributed by atoms with Gasteiger partial charge in [0.15, 0.2) is 11.1 Å². The predicted octanol–water partition coefficient (Wildman–Crippen LogP) is 3.78. The summed E-state index contributed by atoms with van der Waals surface area (Å²) in [7, 11) is 0. The minimum atomic E-state index is -1.83. The fraction of sp³-hybridized carbons (Fsp3) is 0.294. The third-order valence-electron chi connectivity index (χ3n) is 3.97. The van der Waals surface area contributed by atoms with Crippen LogP contribution in [0.5, 0.6) is 0 Å². The van der Waals surface area contributed by atoms with Crippen LogP contribution in [0.2, 0.25) is 0 Å². The van der Waals surface area contributed by atoms with Gasteiger partial charge in [-0.1, -0.05) is 26.0 Å². The Hall–Kier alpha value is -2.05. The number of rotatable bonds is 4. The number of aromatic amines is 1. The van der Waals surface area contributed by atoms with E-state index in [4.69, 9.17) is 4.55 Å². The van der Waals surface area contributed by atoms with Crippen molar-refractivity contribution in [2.45, 2.75) is 32.4 Å². The number of pyridine rings is 1. The SMILES string of the molecule is Cc1cc(-c2nccc3n[nH]c(C(C)C)c23)ccc1CS(=O)O. The topological polar surface area (TPSA) is 78.9 Å². The summed E-state index contributed by atoms with van der Waals surface area (Å²) in [5.41, 5.74) is 5.71. The molecule has 2 heterocycles. The highest BCUT2D eigenvalue weighted by Gasteiger charge is 2.15. The first-order valence-corrected chi connectivity index (χ1v) is 8.75. The Bertz CT molecular complexity index is 887. The zero-order chi connectivity index (χ0) is 16.6. The molecule has 3 aromatic rings. The van der Waals surface area contributed by atoms with Gasteiger partial charge in [-0.15, -0.1) is 0 Å².